The minimum atomic E-state index is -4.17. The summed E-state index contributed by atoms with van der Waals surface area (Å²) in [6.07, 6.45) is 0.278. The van der Waals surface area contributed by atoms with Gasteiger partial charge in [0.2, 0.25) is 11.8 Å². The van der Waals surface area contributed by atoms with E-state index in [2.05, 4.69) is 5.32 Å². The van der Waals surface area contributed by atoms with Crippen LogP contribution in [-0.2, 0) is 26.2 Å². The Hall–Kier alpha value is -3.27. The van der Waals surface area contributed by atoms with Gasteiger partial charge in [0.15, 0.2) is 0 Å². The second-order valence-electron chi connectivity index (χ2n) is 9.33. The number of rotatable bonds is 12. The minimum absolute atomic E-state index is 0.0175. The lowest BCUT2D eigenvalue weighted by Gasteiger charge is -2.34. The number of amides is 2. The molecule has 1 atom stereocenters. The van der Waals surface area contributed by atoms with Crippen LogP contribution in [0.4, 0.5) is 5.69 Å². The zero-order chi connectivity index (χ0) is 29.4. The standard InChI is InChI=1S/C29H33Cl2N3O5S/c1-5-27(29(36)32-20(2)3)33(18-24-25(30)12-9-13-26(24)31)28(35)19-34(21-14-16-22(39-4)17-15-21)40(37,38)23-10-7-6-8-11-23/h6-17,20,27H,5,18-19H2,1-4H3,(H,32,36). The maximum absolute atomic E-state index is 14.1. The molecule has 0 heterocycles. The van der Waals surface area contributed by atoms with Crippen molar-refractivity contribution < 1.29 is 22.7 Å². The van der Waals surface area contributed by atoms with Crippen molar-refractivity contribution in [2.75, 3.05) is 18.0 Å². The van der Waals surface area contributed by atoms with E-state index in [1.807, 2.05) is 13.8 Å². The number of nitrogens with one attached hydrogen (secondary N) is 1. The van der Waals surface area contributed by atoms with Gasteiger partial charge in [-0.15, -0.1) is 0 Å². The summed E-state index contributed by atoms with van der Waals surface area (Å²) in [4.78, 5) is 28.6. The molecule has 0 aliphatic carbocycles. The molecular weight excluding hydrogens is 573 g/mol. The number of hydrogen-bond donors (Lipinski definition) is 1. The van der Waals surface area contributed by atoms with Crippen molar-refractivity contribution in [3.8, 4) is 5.75 Å². The van der Waals surface area contributed by atoms with Crippen LogP contribution < -0.4 is 14.4 Å². The summed E-state index contributed by atoms with van der Waals surface area (Å²) in [5, 5.41) is 3.51. The van der Waals surface area contributed by atoms with Crippen LogP contribution in [0.1, 0.15) is 32.8 Å². The lowest BCUT2D eigenvalue weighted by molar-refractivity contribution is -0.140. The first-order valence-corrected chi connectivity index (χ1v) is 14.9. The van der Waals surface area contributed by atoms with Gasteiger partial charge in [0, 0.05) is 28.2 Å². The Labute approximate surface area is 245 Å². The fourth-order valence-corrected chi connectivity index (χ4v) is 6.10. The SMILES string of the molecule is CCC(C(=O)NC(C)C)N(Cc1c(Cl)cccc1Cl)C(=O)CN(c1ccc(OC)cc1)S(=O)(=O)c1ccccc1. The quantitative estimate of drug-likeness (QED) is 0.293. The molecule has 40 heavy (non-hydrogen) atoms. The van der Waals surface area contributed by atoms with Crippen LogP contribution in [0.5, 0.6) is 5.75 Å². The van der Waals surface area contributed by atoms with E-state index < -0.39 is 28.5 Å². The Morgan fingerprint density at radius 1 is 0.925 bits per heavy atom. The van der Waals surface area contributed by atoms with Gasteiger partial charge in [-0.25, -0.2) is 8.42 Å². The van der Waals surface area contributed by atoms with Crippen LogP contribution in [0, 0.1) is 0 Å². The second kappa shape index (κ2) is 13.9. The third-order valence-electron chi connectivity index (χ3n) is 6.18. The molecule has 0 fully saturated rings. The fraction of sp³-hybridized carbons (Fsp3) is 0.310. The van der Waals surface area contributed by atoms with Crippen molar-refractivity contribution in [2.45, 2.75) is 50.7 Å². The maximum atomic E-state index is 14.1. The monoisotopic (exact) mass is 605 g/mol. The van der Waals surface area contributed by atoms with Gasteiger partial charge >= 0.3 is 0 Å². The summed E-state index contributed by atoms with van der Waals surface area (Å²) in [7, 11) is -2.67. The molecule has 0 aromatic heterocycles. The maximum Gasteiger partial charge on any atom is 0.264 e. The van der Waals surface area contributed by atoms with Gasteiger partial charge < -0.3 is 15.0 Å². The predicted molar refractivity (Wildman–Crippen MR) is 158 cm³/mol. The lowest BCUT2D eigenvalue weighted by Crippen LogP contribution is -2.53. The Morgan fingerprint density at radius 3 is 2.05 bits per heavy atom. The van der Waals surface area contributed by atoms with Gasteiger partial charge in [0.1, 0.15) is 18.3 Å². The van der Waals surface area contributed by atoms with E-state index in [1.165, 1.54) is 24.1 Å². The van der Waals surface area contributed by atoms with Crippen LogP contribution in [0.3, 0.4) is 0 Å². The highest BCUT2D eigenvalue weighted by Gasteiger charge is 2.34. The first-order valence-electron chi connectivity index (χ1n) is 12.7. The molecule has 1 unspecified atom stereocenters. The van der Waals surface area contributed by atoms with Gasteiger partial charge in [-0.05, 0) is 68.8 Å². The molecular formula is C29H33Cl2N3O5S. The average Bonchev–Trinajstić information content (AvgIpc) is 2.93. The Balaban J connectivity index is 2.09. The molecule has 214 valence electrons. The smallest absolute Gasteiger partial charge is 0.264 e. The first kappa shape index (κ1) is 31.3. The molecule has 3 aromatic rings. The number of halogens is 2. The summed E-state index contributed by atoms with van der Waals surface area (Å²) in [5.41, 5.74) is 0.713. The molecule has 0 saturated carbocycles. The van der Waals surface area contributed by atoms with Crippen LogP contribution >= 0.6 is 23.2 Å². The van der Waals surface area contributed by atoms with E-state index in [4.69, 9.17) is 27.9 Å². The number of ether oxygens (including phenoxy) is 1. The molecule has 3 rings (SSSR count). The summed E-state index contributed by atoms with van der Waals surface area (Å²) in [6, 6.07) is 18.1. The van der Waals surface area contributed by atoms with Crippen LogP contribution in [0.15, 0.2) is 77.7 Å². The molecule has 0 saturated heterocycles. The summed E-state index contributed by atoms with van der Waals surface area (Å²) in [5.74, 6) is -0.438. The van der Waals surface area contributed by atoms with Crippen LogP contribution in [0.25, 0.3) is 0 Å². The number of methoxy groups -OCH3 is 1. The van der Waals surface area contributed by atoms with E-state index in [9.17, 15) is 18.0 Å². The number of nitrogens with zero attached hydrogens (tertiary/aromatic N) is 2. The predicted octanol–water partition coefficient (Wildman–Crippen LogP) is 5.53. The molecule has 0 aliphatic rings. The van der Waals surface area contributed by atoms with E-state index >= 15 is 0 Å². The van der Waals surface area contributed by atoms with E-state index in [0.717, 1.165) is 4.31 Å². The van der Waals surface area contributed by atoms with Gasteiger partial charge in [-0.3, -0.25) is 13.9 Å². The fourth-order valence-electron chi connectivity index (χ4n) is 4.15. The normalized spacial score (nSPS) is 12.1. The number of hydrogen-bond acceptors (Lipinski definition) is 5. The Morgan fingerprint density at radius 2 is 1.52 bits per heavy atom. The molecule has 2 amide bonds. The van der Waals surface area contributed by atoms with Crippen molar-refractivity contribution in [1.29, 1.82) is 0 Å². The van der Waals surface area contributed by atoms with Crippen molar-refractivity contribution >= 4 is 50.7 Å². The molecule has 1 N–H and O–H groups in total. The van der Waals surface area contributed by atoms with Gasteiger partial charge in [0.05, 0.1) is 17.7 Å². The Bertz CT molecular complexity index is 1400. The van der Waals surface area contributed by atoms with E-state index in [-0.39, 0.29) is 35.5 Å². The lowest BCUT2D eigenvalue weighted by atomic mass is 10.1. The molecule has 0 radical (unpaired) electrons. The number of sulfonamides is 1. The van der Waals surface area contributed by atoms with E-state index in [0.29, 0.717) is 21.4 Å². The first-order chi connectivity index (χ1) is 19.0. The number of carbonyl (C=O) groups excluding carboxylic acids is 2. The Kier molecular flexibility index (Phi) is 10.8. The third kappa shape index (κ3) is 7.47. The van der Waals surface area contributed by atoms with Gasteiger partial charge in [0.25, 0.3) is 10.0 Å². The summed E-state index contributed by atoms with van der Waals surface area (Å²) in [6.45, 7) is 4.75. The number of carbonyl (C=O) groups is 2. The molecule has 0 bridgehead atoms. The summed E-state index contributed by atoms with van der Waals surface area (Å²) >= 11 is 12.9. The largest absolute Gasteiger partial charge is 0.497 e. The topological polar surface area (TPSA) is 96.0 Å². The molecule has 0 spiro atoms. The minimum Gasteiger partial charge on any atom is -0.497 e. The zero-order valence-corrected chi connectivity index (χ0v) is 25.1. The van der Waals surface area contributed by atoms with Gasteiger partial charge in [-0.1, -0.05) is 54.4 Å². The van der Waals surface area contributed by atoms with Crippen LogP contribution in [-0.4, -0.2) is 50.9 Å². The molecule has 3 aromatic carbocycles. The van der Waals surface area contributed by atoms with Crippen molar-refractivity contribution in [3.05, 3.63) is 88.4 Å². The average molecular weight is 607 g/mol. The molecule has 11 heteroatoms. The van der Waals surface area contributed by atoms with Crippen molar-refractivity contribution in [1.82, 2.24) is 10.2 Å². The van der Waals surface area contributed by atoms with E-state index in [1.54, 1.807) is 67.6 Å². The highest BCUT2D eigenvalue weighted by molar-refractivity contribution is 7.92. The molecule has 0 aliphatic heterocycles. The van der Waals surface area contributed by atoms with Crippen molar-refractivity contribution in [3.63, 3.8) is 0 Å². The number of benzene rings is 3. The van der Waals surface area contributed by atoms with Crippen LogP contribution in [0.2, 0.25) is 10.0 Å². The highest BCUT2D eigenvalue weighted by atomic mass is 35.5. The van der Waals surface area contributed by atoms with Crippen molar-refractivity contribution in [2.24, 2.45) is 0 Å². The third-order valence-corrected chi connectivity index (χ3v) is 8.67. The zero-order valence-electron chi connectivity index (χ0n) is 22.8. The summed E-state index contributed by atoms with van der Waals surface area (Å²) < 4.78 is 33.9. The number of anilines is 1. The second-order valence-corrected chi connectivity index (χ2v) is 12.0. The van der Waals surface area contributed by atoms with Gasteiger partial charge in [-0.2, -0.15) is 0 Å². The highest BCUT2D eigenvalue weighted by Crippen LogP contribution is 2.29. The molecule has 8 nitrogen and oxygen atoms in total.